The first-order valence-corrected chi connectivity index (χ1v) is 7.08. The highest BCUT2D eigenvalue weighted by molar-refractivity contribution is 6.31. The van der Waals surface area contributed by atoms with Gasteiger partial charge in [0.25, 0.3) is 0 Å². The fraction of sp³-hybridized carbons (Fsp3) is 0.600. The van der Waals surface area contributed by atoms with Gasteiger partial charge in [0.1, 0.15) is 5.75 Å². The van der Waals surface area contributed by atoms with Crippen LogP contribution in [-0.4, -0.2) is 12.2 Å². The van der Waals surface area contributed by atoms with Crippen LogP contribution in [0.15, 0.2) is 18.2 Å². The lowest BCUT2D eigenvalue weighted by molar-refractivity contribution is 0.0745. The molecule has 2 aliphatic carbocycles. The van der Waals surface area contributed by atoms with Gasteiger partial charge in [0, 0.05) is 0 Å². The first kappa shape index (κ1) is 12.3. The molecule has 3 heteroatoms. The number of rotatable bonds is 3. The van der Waals surface area contributed by atoms with E-state index in [2.05, 4.69) is 0 Å². The predicted molar refractivity (Wildman–Crippen MR) is 71.9 cm³/mol. The summed E-state index contributed by atoms with van der Waals surface area (Å²) in [7, 11) is 1.62. The molecule has 1 N–H and O–H groups in total. The third kappa shape index (κ3) is 2.02. The Morgan fingerprint density at radius 1 is 1.33 bits per heavy atom. The lowest BCUT2D eigenvalue weighted by atomic mass is 9.82. The van der Waals surface area contributed by atoms with Crippen LogP contribution in [0.3, 0.4) is 0 Å². The molecule has 0 heterocycles. The second kappa shape index (κ2) is 4.75. The Morgan fingerprint density at radius 3 is 2.72 bits per heavy atom. The van der Waals surface area contributed by atoms with Crippen LogP contribution in [0.1, 0.15) is 37.4 Å². The molecule has 2 aliphatic rings. The minimum absolute atomic E-state index is 0.398. The molecule has 2 bridgehead atoms. The van der Waals surface area contributed by atoms with E-state index in [4.69, 9.17) is 16.3 Å². The second-order valence-corrected chi connectivity index (χ2v) is 6.08. The fourth-order valence-corrected chi connectivity index (χ4v) is 4.07. The zero-order valence-corrected chi connectivity index (χ0v) is 11.4. The van der Waals surface area contributed by atoms with Gasteiger partial charge in [0.15, 0.2) is 0 Å². The van der Waals surface area contributed by atoms with Crippen molar-refractivity contribution >= 4 is 11.6 Å². The average molecular weight is 267 g/mol. The number of aliphatic hydroxyl groups is 1. The zero-order valence-electron chi connectivity index (χ0n) is 10.6. The van der Waals surface area contributed by atoms with Crippen molar-refractivity contribution in [2.24, 2.45) is 17.8 Å². The maximum absolute atomic E-state index is 10.6. The minimum Gasteiger partial charge on any atom is -0.497 e. The number of aliphatic hydroxyl groups excluding tert-OH is 1. The van der Waals surface area contributed by atoms with E-state index in [9.17, 15) is 5.11 Å². The van der Waals surface area contributed by atoms with Crippen LogP contribution in [0.25, 0.3) is 0 Å². The normalized spacial score (nSPS) is 31.6. The van der Waals surface area contributed by atoms with Crippen LogP contribution >= 0.6 is 11.6 Å². The number of benzene rings is 1. The first-order chi connectivity index (χ1) is 8.69. The number of hydrogen-bond donors (Lipinski definition) is 1. The van der Waals surface area contributed by atoms with Crippen LogP contribution in [-0.2, 0) is 0 Å². The highest BCUT2D eigenvalue weighted by atomic mass is 35.5. The fourth-order valence-electron chi connectivity index (χ4n) is 3.79. The molecule has 0 spiro atoms. The van der Waals surface area contributed by atoms with Crippen LogP contribution in [0.2, 0.25) is 5.02 Å². The summed E-state index contributed by atoms with van der Waals surface area (Å²) in [5, 5.41) is 11.2. The molecule has 98 valence electrons. The standard InChI is InChI=1S/C15H19ClO2/c1-18-11-4-5-12(14(16)8-11)15(17)13-7-9-2-3-10(13)6-9/h4-5,8-10,13,15,17H,2-3,6-7H2,1H3. The maximum atomic E-state index is 10.6. The van der Waals surface area contributed by atoms with E-state index >= 15 is 0 Å². The summed E-state index contributed by atoms with van der Waals surface area (Å²) in [4.78, 5) is 0. The van der Waals surface area contributed by atoms with Crippen molar-refractivity contribution in [2.75, 3.05) is 7.11 Å². The molecule has 2 nitrogen and oxygen atoms in total. The van der Waals surface area contributed by atoms with Crippen molar-refractivity contribution in [3.05, 3.63) is 28.8 Å². The van der Waals surface area contributed by atoms with Crippen LogP contribution < -0.4 is 4.74 Å². The molecule has 4 unspecified atom stereocenters. The molecule has 0 radical (unpaired) electrons. The minimum atomic E-state index is -0.418. The number of fused-ring (bicyclic) bond motifs is 2. The molecule has 1 aromatic carbocycles. The molecule has 1 aromatic rings. The van der Waals surface area contributed by atoms with E-state index < -0.39 is 6.10 Å². The second-order valence-electron chi connectivity index (χ2n) is 5.67. The van der Waals surface area contributed by atoms with Gasteiger partial charge in [0.2, 0.25) is 0 Å². The molecule has 2 saturated carbocycles. The van der Waals surface area contributed by atoms with Crippen LogP contribution in [0.4, 0.5) is 0 Å². The molecule has 18 heavy (non-hydrogen) atoms. The Hall–Kier alpha value is -0.730. The molecule has 4 atom stereocenters. The summed E-state index contributed by atoms with van der Waals surface area (Å²) in [5.41, 5.74) is 0.856. The van der Waals surface area contributed by atoms with E-state index in [1.165, 1.54) is 19.3 Å². The van der Waals surface area contributed by atoms with Crippen molar-refractivity contribution < 1.29 is 9.84 Å². The van der Waals surface area contributed by atoms with Crippen molar-refractivity contribution in [3.63, 3.8) is 0 Å². The SMILES string of the molecule is COc1ccc(C(O)C2CC3CCC2C3)c(Cl)c1. The molecule has 3 rings (SSSR count). The third-order valence-electron chi connectivity index (χ3n) is 4.72. The van der Waals surface area contributed by atoms with Crippen molar-refractivity contribution in [1.82, 2.24) is 0 Å². The molecule has 0 aromatic heterocycles. The molecular weight excluding hydrogens is 248 g/mol. The van der Waals surface area contributed by atoms with Crippen molar-refractivity contribution in [1.29, 1.82) is 0 Å². The quantitative estimate of drug-likeness (QED) is 0.901. The average Bonchev–Trinajstić information content (AvgIpc) is 3.00. The van der Waals surface area contributed by atoms with Gasteiger partial charge in [-0.3, -0.25) is 0 Å². The first-order valence-electron chi connectivity index (χ1n) is 6.70. The monoisotopic (exact) mass is 266 g/mol. The van der Waals surface area contributed by atoms with Gasteiger partial charge in [-0.05, 0) is 54.7 Å². The van der Waals surface area contributed by atoms with Gasteiger partial charge in [-0.25, -0.2) is 0 Å². The Balaban J connectivity index is 1.82. The van der Waals surface area contributed by atoms with Gasteiger partial charge in [-0.1, -0.05) is 24.1 Å². The maximum Gasteiger partial charge on any atom is 0.120 e. The Kier molecular flexibility index (Phi) is 3.25. The van der Waals surface area contributed by atoms with Gasteiger partial charge >= 0.3 is 0 Å². The summed E-state index contributed by atoms with van der Waals surface area (Å²) >= 11 is 6.24. The Labute approximate surface area is 113 Å². The highest BCUT2D eigenvalue weighted by Crippen LogP contribution is 2.53. The van der Waals surface area contributed by atoms with Crippen LogP contribution in [0, 0.1) is 17.8 Å². The van der Waals surface area contributed by atoms with Crippen molar-refractivity contribution in [3.8, 4) is 5.75 Å². The largest absolute Gasteiger partial charge is 0.497 e. The lowest BCUT2D eigenvalue weighted by Crippen LogP contribution is -2.19. The third-order valence-corrected chi connectivity index (χ3v) is 5.05. The molecule has 2 fully saturated rings. The number of methoxy groups -OCH3 is 1. The number of halogens is 1. The molecule has 0 amide bonds. The van der Waals surface area contributed by atoms with Gasteiger partial charge < -0.3 is 9.84 Å². The Morgan fingerprint density at radius 2 is 2.17 bits per heavy atom. The van der Waals surface area contributed by atoms with Gasteiger partial charge in [-0.2, -0.15) is 0 Å². The summed E-state index contributed by atoms with van der Waals surface area (Å²) in [5.74, 6) is 2.67. The summed E-state index contributed by atoms with van der Waals surface area (Å²) in [6.07, 6.45) is 4.67. The highest BCUT2D eigenvalue weighted by Gasteiger charge is 2.43. The van der Waals surface area contributed by atoms with E-state index in [0.29, 0.717) is 16.9 Å². The van der Waals surface area contributed by atoms with E-state index in [1.54, 1.807) is 13.2 Å². The topological polar surface area (TPSA) is 29.5 Å². The van der Waals surface area contributed by atoms with E-state index in [-0.39, 0.29) is 0 Å². The van der Waals surface area contributed by atoms with Crippen molar-refractivity contribution in [2.45, 2.75) is 31.8 Å². The zero-order chi connectivity index (χ0) is 12.7. The number of ether oxygens (including phenoxy) is 1. The lowest BCUT2D eigenvalue weighted by Gasteiger charge is -2.27. The smallest absolute Gasteiger partial charge is 0.120 e. The van der Waals surface area contributed by atoms with Gasteiger partial charge in [0.05, 0.1) is 18.2 Å². The summed E-state index contributed by atoms with van der Waals surface area (Å²) < 4.78 is 5.14. The van der Waals surface area contributed by atoms with Gasteiger partial charge in [-0.15, -0.1) is 0 Å². The summed E-state index contributed by atoms with van der Waals surface area (Å²) in [6.45, 7) is 0. The predicted octanol–water partition coefficient (Wildman–Crippen LogP) is 3.82. The summed E-state index contributed by atoms with van der Waals surface area (Å²) in [6, 6.07) is 5.56. The van der Waals surface area contributed by atoms with E-state index in [0.717, 1.165) is 23.7 Å². The molecular formula is C15H19ClO2. The molecule has 0 aliphatic heterocycles. The molecule has 0 saturated heterocycles. The number of hydrogen-bond acceptors (Lipinski definition) is 2. The Bertz CT molecular complexity index is 446. The van der Waals surface area contributed by atoms with Crippen LogP contribution in [0.5, 0.6) is 5.75 Å². The van der Waals surface area contributed by atoms with E-state index in [1.807, 2.05) is 12.1 Å².